The van der Waals surface area contributed by atoms with Crippen molar-refractivity contribution in [3.05, 3.63) is 192 Å². The monoisotopic (exact) mass is 1120 g/mol. The first-order valence-electron chi connectivity index (χ1n) is 26.3. The molecular formula is C66H63N4OPt-3. The molecule has 6 heteroatoms. The smallest absolute Gasteiger partial charge is 0.135 e. The van der Waals surface area contributed by atoms with Crippen LogP contribution in [0.2, 0.25) is 0 Å². The zero-order chi connectivity index (χ0) is 48.3. The number of benzene rings is 7. The molecule has 4 saturated carbocycles. The van der Waals surface area contributed by atoms with Crippen molar-refractivity contribution in [3.8, 4) is 28.4 Å². The van der Waals surface area contributed by atoms with Crippen molar-refractivity contribution in [2.24, 2.45) is 23.7 Å². The molecule has 2 aromatic heterocycles. The van der Waals surface area contributed by atoms with Gasteiger partial charge in [0, 0.05) is 61.1 Å². The molecule has 1 aliphatic heterocycles. The average molecular weight is 1120 g/mol. The van der Waals surface area contributed by atoms with E-state index in [1.54, 1.807) is 0 Å². The fraction of sp³-hybridized carbons (Fsp3) is 0.303. The fourth-order valence-corrected chi connectivity index (χ4v) is 14.3. The molecule has 9 aromatic rings. The van der Waals surface area contributed by atoms with Crippen LogP contribution in [0.1, 0.15) is 119 Å². The Hall–Kier alpha value is -6.16. The van der Waals surface area contributed by atoms with Gasteiger partial charge in [-0.1, -0.05) is 132 Å². The summed E-state index contributed by atoms with van der Waals surface area (Å²) in [4.78, 5) is 9.70. The number of aromatic nitrogens is 2. The Kier molecular flexibility index (Phi) is 11.8. The molecule has 4 fully saturated rings. The predicted octanol–water partition coefficient (Wildman–Crippen LogP) is 17.2. The Bertz CT molecular complexity index is 3490. The van der Waals surface area contributed by atoms with Crippen LogP contribution in [0, 0.1) is 42.5 Å². The summed E-state index contributed by atoms with van der Waals surface area (Å²) in [5, 5.41) is 5.01. The molecule has 0 atom stereocenters. The van der Waals surface area contributed by atoms with E-state index in [0.717, 1.165) is 56.7 Å². The van der Waals surface area contributed by atoms with Crippen molar-refractivity contribution in [2.45, 2.75) is 96.8 Å². The summed E-state index contributed by atoms with van der Waals surface area (Å²) in [6.07, 6.45) is 8.71. The number of hydrogen-bond donors (Lipinski definition) is 0. The van der Waals surface area contributed by atoms with Crippen LogP contribution in [-0.2, 0) is 26.5 Å². The minimum atomic E-state index is -0.0939. The number of fused-ring (bicyclic) bond motifs is 5. The van der Waals surface area contributed by atoms with Crippen LogP contribution in [0.5, 0.6) is 11.5 Å². The number of hydrogen-bond acceptors (Lipinski definition) is 4. The number of anilines is 3. The van der Waals surface area contributed by atoms with Crippen molar-refractivity contribution >= 4 is 49.6 Å². The molecule has 0 radical (unpaired) electrons. The van der Waals surface area contributed by atoms with E-state index in [1.807, 2.05) is 0 Å². The van der Waals surface area contributed by atoms with Gasteiger partial charge < -0.3 is 19.1 Å². The third-order valence-electron chi connectivity index (χ3n) is 17.2. The number of pyridine rings is 1. The first kappa shape index (κ1) is 46.9. The van der Waals surface area contributed by atoms with Gasteiger partial charge in [0.15, 0.2) is 0 Å². The van der Waals surface area contributed by atoms with Gasteiger partial charge in [-0.25, -0.2) is 4.98 Å². The molecule has 0 saturated heterocycles. The third-order valence-corrected chi connectivity index (χ3v) is 17.2. The van der Waals surface area contributed by atoms with Gasteiger partial charge in [0.25, 0.3) is 0 Å². The quantitative estimate of drug-likeness (QED) is 0.128. The van der Waals surface area contributed by atoms with E-state index in [-0.39, 0.29) is 26.5 Å². The van der Waals surface area contributed by atoms with Gasteiger partial charge in [-0.15, -0.1) is 47.0 Å². The summed E-state index contributed by atoms with van der Waals surface area (Å²) in [6, 6.07) is 59.6. The van der Waals surface area contributed by atoms with Gasteiger partial charge in [0.2, 0.25) is 0 Å². The molecule has 7 aromatic carbocycles. The minimum Gasteiger partial charge on any atom is -0.509 e. The first-order chi connectivity index (χ1) is 34.5. The van der Waals surface area contributed by atoms with Gasteiger partial charge in [-0.3, -0.25) is 0 Å². The van der Waals surface area contributed by atoms with Crippen LogP contribution in [-0.4, -0.2) is 16.6 Å². The Labute approximate surface area is 440 Å². The molecule has 14 rings (SSSR count). The number of rotatable bonds is 10. The molecule has 0 unspecified atom stereocenters. The second-order valence-electron chi connectivity index (χ2n) is 22.4. The van der Waals surface area contributed by atoms with E-state index >= 15 is 0 Å². The molecule has 5 aliphatic rings. The Balaban J connectivity index is 0.00000530. The number of nitrogens with zero attached hydrogens (tertiary/aromatic N) is 4. The Morgan fingerprint density at radius 1 is 0.625 bits per heavy atom. The summed E-state index contributed by atoms with van der Waals surface area (Å²) < 4.78 is 9.45. The van der Waals surface area contributed by atoms with Crippen LogP contribution in [0.3, 0.4) is 0 Å². The van der Waals surface area contributed by atoms with E-state index < -0.39 is 0 Å². The van der Waals surface area contributed by atoms with E-state index in [2.05, 4.69) is 227 Å². The topological polar surface area (TPSA) is 33.5 Å². The molecule has 0 N–H and O–H groups in total. The summed E-state index contributed by atoms with van der Waals surface area (Å²) >= 11 is 0. The van der Waals surface area contributed by atoms with E-state index in [9.17, 15) is 0 Å². The molecule has 0 spiro atoms. The summed E-state index contributed by atoms with van der Waals surface area (Å²) in [5.74, 6) is 6.13. The maximum Gasteiger partial charge on any atom is 0.135 e. The van der Waals surface area contributed by atoms with Gasteiger partial charge in [-0.05, 0) is 160 Å². The molecule has 4 bridgehead atoms. The van der Waals surface area contributed by atoms with Crippen LogP contribution < -0.4 is 14.5 Å². The summed E-state index contributed by atoms with van der Waals surface area (Å²) in [6.45, 7) is 16.0. The summed E-state index contributed by atoms with van der Waals surface area (Å²) in [7, 11) is 2.11. The predicted molar refractivity (Wildman–Crippen MR) is 294 cm³/mol. The van der Waals surface area contributed by atoms with Crippen LogP contribution in [0.25, 0.3) is 49.5 Å². The average Bonchev–Trinajstić information content (AvgIpc) is 3.89. The van der Waals surface area contributed by atoms with Crippen molar-refractivity contribution < 1.29 is 25.8 Å². The van der Waals surface area contributed by atoms with Gasteiger partial charge in [0.05, 0.1) is 0 Å². The zero-order valence-electron chi connectivity index (χ0n) is 42.5. The minimum absolute atomic E-state index is 0. The molecule has 4 aliphatic carbocycles. The van der Waals surface area contributed by atoms with Crippen molar-refractivity contribution in [1.82, 2.24) is 9.55 Å². The standard InChI is InChI=1S/C66H63N4O.Pt/c1-40(2)46-34-57(41(3)4)65(58(35-46)42(5)6)47-32-51(69-39-68(7)61-21-12-13-22-62(61)69)37-53(33-47)71-52-23-24-56-55-18-10-11-20-60(55)70(63(56)38-52)64-36-48(25-26-67-64)66(49-28-43-27-44(30-49)31-50(66)29-43)59-19-14-16-45-15-8-9-17-54(45)59;/h8-26,32-36,39-44,49-50H,27-31H2,1-7H3;/q-3;. The van der Waals surface area contributed by atoms with Gasteiger partial charge in [0.1, 0.15) is 5.82 Å². The summed E-state index contributed by atoms with van der Waals surface area (Å²) in [5.41, 5.74) is 14.6. The molecular weight excluding hydrogens is 1060 g/mol. The van der Waals surface area contributed by atoms with E-state index in [0.29, 0.717) is 41.1 Å². The Morgan fingerprint density at radius 2 is 1.29 bits per heavy atom. The molecule has 5 nitrogen and oxygen atoms in total. The van der Waals surface area contributed by atoms with Gasteiger partial charge in [-0.2, -0.15) is 12.7 Å². The van der Waals surface area contributed by atoms with Crippen LogP contribution >= 0.6 is 0 Å². The Morgan fingerprint density at radius 3 is 2.01 bits per heavy atom. The van der Waals surface area contributed by atoms with E-state index in [4.69, 9.17) is 9.72 Å². The molecule has 72 heavy (non-hydrogen) atoms. The van der Waals surface area contributed by atoms with Gasteiger partial charge >= 0.3 is 0 Å². The van der Waals surface area contributed by atoms with Crippen molar-refractivity contribution in [1.29, 1.82) is 0 Å². The van der Waals surface area contributed by atoms with Crippen molar-refractivity contribution in [2.75, 3.05) is 16.8 Å². The largest absolute Gasteiger partial charge is 0.509 e. The SMILES string of the molecule is CC(C)c1cc(C(C)C)c(-c2cc(Oc3[c-]c4c(cc3)c3ccccc3n4-c3cc(C4(c5cccc6ccccc56)C5CC6CC(C5)CC4C6)ccn3)[c-]c(N3[CH-]N(C)c4ccccc43)c2)c(C(C)C)c1.[Pt]. The normalized spacial score (nSPS) is 21.2. The second-order valence-corrected chi connectivity index (χ2v) is 22.4. The second kappa shape index (κ2) is 18.1. The maximum atomic E-state index is 7.11. The fourth-order valence-electron chi connectivity index (χ4n) is 14.3. The van der Waals surface area contributed by atoms with Crippen LogP contribution in [0.4, 0.5) is 17.1 Å². The van der Waals surface area contributed by atoms with E-state index in [1.165, 1.54) is 81.6 Å². The van der Waals surface area contributed by atoms with Crippen molar-refractivity contribution in [3.63, 3.8) is 0 Å². The number of ether oxygens (including phenoxy) is 1. The number of para-hydroxylation sites is 3. The van der Waals surface area contributed by atoms with Crippen LogP contribution in [0.15, 0.2) is 146 Å². The third kappa shape index (κ3) is 7.46. The maximum absolute atomic E-state index is 7.11. The molecule has 366 valence electrons. The first-order valence-corrected chi connectivity index (χ1v) is 26.3. The molecule has 0 amide bonds. The zero-order valence-corrected chi connectivity index (χ0v) is 44.8. The molecule has 3 heterocycles.